The minimum atomic E-state index is -0.957. The Hall–Kier alpha value is -1.88. The lowest BCUT2D eigenvalue weighted by molar-refractivity contribution is 0.0695. The van der Waals surface area contributed by atoms with Crippen LogP contribution in [0.25, 0.3) is 0 Å². The highest BCUT2D eigenvalue weighted by atomic mass is 79.9. The molecule has 0 saturated heterocycles. The Morgan fingerprint density at radius 1 is 1.35 bits per heavy atom. The molecule has 5 heteroatoms. The summed E-state index contributed by atoms with van der Waals surface area (Å²) in [7, 11) is 0. The zero-order valence-corrected chi connectivity index (χ0v) is 12.8. The van der Waals surface area contributed by atoms with E-state index in [9.17, 15) is 4.79 Å². The number of nitrogens with zero attached hydrogens (tertiary/aromatic N) is 1. The van der Waals surface area contributed by atoms with Gasteiger partial charge in [-0.3, -0.25) is 0 Å². The van der Waals surface area contributed by atoms with Gasteiger partial charge in [-0.05, 0) is 43.7 Å². The Labute approximate surface area is 126 Å². The summed E-state index contributed by atoms with van der Waals surface area (Å²) in [5.74, 6) is -0.290. The number of carbonyl (C=O) groups is 1. The summed E-state index contributed by atoms with van der Waals surface area (Å²) in [4.78, 5) is 15.2. The van der Waals surface area contributed by atoms with Crippen LogP contribution < -0.4 is 5.32 Å². The summed E-state index contributed by atoms with van der Waals surface area (Å²) >= 11 is 3.44. The Kier molecular flexibility index (Phi) is 4.39. The molecule has 2 N–H and O–H groups in total. The highest BCUT2D eigenvalue weighted by molar-refractivity contribution is 9.10. The van der Waals surface area contributed by atoms with Crippen LogP contribution >= 0.6 is 15.9 Å². The first-order valence-corrected chi connectivity index (χ1v) is 6.99. The van der Waals surface area contributed by atoms with E-state index in [1.54, 1.807) is 19.1 Å². The van der Waals surface area contributed by atoms with Gasteiger partial charge < -0.3 is 10.4 Å². The first-order valence-electron chi connectivity index (χ1n) is 6.20. The Morgan fingerprint density at radius 3 is 2.70 bits per heavy atom. The molecule has 2 rings (SSSR count). The number of hydrogen-bond acceptors (Lipinski definition) is 3. The Bertz CT molecular complexity index is 644. The van der Waals surface area contributed by atoms with E-state index in [0.717, 1.165) is 10.0 Å². The third-order valence-electron chi connectivity index (χ3n) is 3.03. The van der Waals surface area contributed by atoms with E-state index in [1.807, 2.05) is 31.2 Å². The molecule has 4 nitrogen and oxygen atoms in total. The van der Waals surface area contributed by atoms with Gasteiger partial charge in [0.15, 0.2) is 0 Å². The van der Waals surface area contributed by atoms with Crippen molar-refractivity contribution in [1.82, 2.24) is 4.98 Å². The van der Waals surface area contributed by atoms with Gasteiger partial charge in [-0.25, -0.2) is 9.78 Å². The molecule has 0 aliphatic carbocycles. The summed E-state index contributed by atoms with van der Waals surface area (Å²) in [6.45, 7) is 3.72. The smallest absolute Gasteiger partial charge is 0.337 e. The normalized spacial score (nSPS) is 11.9. The van der Waals surface area contributed by atoms with Gasteiger partial charge >= 0.3 is 5.97 Å². The number of carboxylic acids is 1. The molecule has 0 amide bonds. The SMILES string of the molecule is Cc1nc(NC(C)c2cccc(Br)c2)ccc1C(=O)O. The minimum absolute atomic E-state index is 0.0788. The highest BCUT2D eigenvalue weighted by Crippen LogP contribution is 2.21. The zero-order valence-electron chi connectivity index (χ0n) is 11.2. The van der Waals surface area contributed by atoms with E-state index in [0.29, 0.717) is 11.5 Å². The minimum Gasteiger partial charge on any atom is -0.478 e. The van der Waals surface area contributed by atoms with Crippen LogP contribution in [-0.2, 0) is 0 Å². The molecular formula is C15H15BrN2O2. The molecule has 0 fully saturated rings. The molecule has 104 valence electrons. The fourth-order valence-electron chi connectivity index (χ4n) is 1.95. The first kappa shape index (κ1) is 14.5. The second-order valence-electron chi connectivity index (χ2n) is 4.56. The van der Waals surface area contributed by atoms with Crippen molar-refractivity contribution in [2.45, 2.75) is 19.9 Å². The number of halogens is 1. The predicted molar refractivity (Wildman–Crippen MR) is 82.1 cm³/mol. The van der Waals surface area contributed by atoms with Crippen molar-refractivity contribution in [3.05, 3.63) is 57.7 Å². The van der Waals surface area contributed by atoms with Crippen LogP contribution in [0.15, 0.2) is 40.9 Å². The average molecular weight is 335 g/mol. The summed E-state index contributed by atoms with van der Waals surface area (Å²) in [5, 5.41) is 12.2. The number of carboxylic acid groups (broad SMARTS) is 1. The largest absolute Gasteiger partial charge is 0.478 e. The highest BCUT2D eigenvalue weighted by Gasteiger charge is 2.11. The van der Waals surface area contributed by atoms with E-state index in [-0.39, 0.29) is 11.6 Å². The zero-order chi connectivity index (χ0) is 14.7. The molecular weight excluding hydrogens is 320 g/mol. The second-order valence-corrected chi connectivity index (χ2v) is 5.47. The fourth-order valence-corrected chi connectivity index (χ4v) is 2.37. The molecule has 0 bridgehead atoms. The number of benzene rings is 1. The number of aryl methyl sites for hydroxylation is 1. The topological polar surface area (TPSA) is 62.2 Å². The molecule has 0 aliphatic heterocycles. The standard InChI is InChI=1S/C15H15BrN2O2/c1-9(11-4-3-5-12(16)8-11)17-14-7-6-13(15(19)20)10(2)18-14/h3-9H,1-2H3,(H,17,18)(H,19,20). The van der Waals surface area contributed by atoms with E-state index >= 15 is 0 Å². The molecule has 1 aromatic carbocycles. The van der Waals surface area contributed by atoms with Crippen molar-refractivity contribution in [3.63, 3.8) is 0 Å². The fraction of sp³-hybridized carbons (Fsp3) is 0.200. The van der Waals surface area contributed by atoms with Gasteiger partial charge in [-0.15, -0.1) is 0 Å². The third kappa shape index (κ3) is 3.36. The molecule has 0 saturated carbocycles. The first-order chi connectivity index (χ1) is 9.47. The molecule has 20 heavy (non-hydrogen) atoms. The Balaban J connectivity index is 2.18. The van der Waals surface area contributed by atoms with Crippen LogP contribution in [0.3, 0.4) is 0 Å². The lowest BCUT2D eigenvalue weighted by Crippen LogP contribution is -2.10. The number of anilines is 1. The maximum absolute atomic E-state index is 10.9. The molecule has 1 unspecified atom stereocenters. The summed E-state index contributed by atoms with van der Waals surface area (Å²) in [5.41, 5.74) is 1.86. The van der Waals surface area contributed by atoms with Crippen LogP contribution in [-0.4, -0.2) is 16.1 Å². The molecule has 0 radical (unpaired) electrons. The molecule has 0 aliphatic rings. The van der Waals surface area contributed by atoms with Gasteiger partial charge in [0.1, 0.15) is 5.82 Å². The quantitative estimate of drug-likeness (QED) is 0.886. The summed E-state index contributed by atoms with van der Waals surface area (Å²) in [6, 6.07) is 11.3. The molecule has 2 aromatic rings. The van der Waals surface area contributed by atoms with Gasteiger partial charge in [0.2, 0.25) is 0 Å². The van der Waals surface area contributed by atoms with Crippen LogP contribution in [0.5, 0.6) is 0 Å². The lowest BCUT2D eigenvalue weighted by Gasteiger charge is -2.16. The van der Waals surface area contributed by atoms with Gasteiger partial charge in [0.05, 0.1) is 11.3 Å². The Morgan fingerprint density at radius 2 is 2.10 bits per heavy atom. The molecule has 1 aromatic heterocycles. The number of hydrogen-bond donors (Lipinski definition) is 2. The van der Waals surface area contributed by atoms with Crippen molar-refractivity contribution < 1.29 is 9.90 Å². The van der Waals surface area contributed by atoms with Crippen molar-refractivity contribution in [3.8, 4) is 0 Å². The second kappa shape index (κ2) is 6.05. The monoisotopic (exact) mass is 334 g/mol. The van der Waals surface area contributed by atoms with E-state index < -0.39 is 5.97 Å². The lowest BCUT2D eigenvalue weighted by atomic mass is 10.1. The van der Waals surface area contributed by atoms with Gasteiger partial charge in [-0.1, -0.05) is 28.1 Å². The van der Waals surface area contributed by atoms with Crippen molar-refractivity contribution in [2.75, 3.05) is 5.32 Å². The van der Waals surface area contributed by atoms with Crippen molar-refractivity contribution in [2.24, 2.45) is 0 Å². The maximum Gasteiger partial charge on any atom is 0.337 e. The van der Waals surface area contributed by atoms with Gasteiger partial charge in [0, 0.05) is 10.5 Å². The van der Waals surface area contributed by atoms with E-state index in [2.05, 4.69) is 26.2 Å². The van der Waals surface area contributed by atoms with Crippen LogP contribution in [0, 0.1) is 6.92 Å². The van der Waals surface area contributed by atoms with Crippen LogP contribution in [0.4, 0.5) is 5.82 Å². The molecule has 0 spiro atoms. The predicted octanol–water partition coefficient (Wildman–Crippen LogP) is 4.02. The maximum atomic E-state index is 10.9. The van der Waals surface area contributed by atoms with Gasteiger partial charge in [0.25, 0.3) is 0 Å². The molecule has 1 heterocycles. The summed E-state index contributed by atoms with van der Waals surface area (Å²) < 4.78 is 1.02. The number of aromatic nitrogens is 1. The number of aromatic carboxylic acids is 1. The molecule has 1 atom stereocenters. The van der Waals surface area contributed by atoms with Crippen LogP contribution in [0.2, 0.25) is 0 Å². The number of pyridine rings is 1. The average Bonchev–Trinajstić information content (AvgIpc) is 2.38. The number of rotatable bonds is 4. The van der Waals surface area contributed by atoms with E-state index in [1.165, 1.54) is 0 Å². The van der Waals surface area contributed by atoms with Crippen molar-refractivity contribution >= 4 is 27.7 Å². The van der Waals surface area contributed by atoms with E-state index in [4.69, 9.17) is 5.11 Å². The van der Waals surface area contributed by atoms with Crippen LogP contribution in [0.1, 0.15) is 34.6 Å². The third-order valence-corrected chi connectivity index (χ3v) is 3.52. The van der Waals surface area contributed by atoms with Gasteiger partial charge in [-0.2, -0.15) is 0 Å². The van der Waals surface area contributed by atoms with Crippen molar-refractivity contribution in [1.29, 1.82) is 0 Å². The number of nitrogens with one attached hydrogen (secondary N) is 1. The summed E-state index contributed by atoms with van der Waals surface area (Å²) in [6.07, 6.45) is 0.